The smallest absolute Gasteiger partial charge is 0.260 e. The molecule has 2 atom stereocenters. The Balaban J connectivity index is 1.71. The molecule has 1 aliphatic carbocycles. The van der Waals surface area contributed by atoms with E-state index in [1.165, 1.54) is 0 Å². The molecule has 0 N–H and O–H groups in total. The molecule has 1 saturated heterocycles. The molecule has 1 aromatic carbocycles. The molecule has 1 aliphatic heterocycles. The van der Waals surface area contributed by atoms with Crippen molar-refractivity contribution in [2.75, 3.05) is 26.7 Å². The molecule has 2 fully saturated rings. The van der Waals surface area contributed by atoms with E-state index < -0.39 is 0 Å². The van der Waals surface area contributed by atoms with E-state index in [9.17, 15) is 9.59 Å². The van der Waals surface area contributed by atoms with E-state index in [1.54, 1.807) is 0 Å². The number of amides is 2. The van der Waals surface area contributed by atoms with Crippen LogP contribution in [0.25, 0.3) is 0 Å². The fourth-order valence-electron chi connectivity index (χ4n) is 4.20. The number of hydrogen-bond donors (Lipinski definition) is 0. The summed E-state index contributed by atoms with van der Waals surface area (Å²) in [5.74, 6) is 0.855. The lowest BCUT2D eigenvalue weighted by Gasteiger charge is -2.34. The fraction of sp³-hybridized carbons (Fsp3) is 0.619. The predicted molar refractivity (Wildman–Crippen MR) is 101 cm³/mol. The summed E-state index contributed by atoms with van der Waals surface area (Å²) in [6, 6.07) is 9.46. The summed E-state index contributed by atoms with van der Waals surface area (Å²) in [6.45, 7) is 1.60. The quantitative estimate of drug-likeness (QED) is 0.834. The van der Waals surface area contributed by atoms with Crippen molar-refractivity contribution in [3.8, 4) is 5.75 Å². The van der Waals surface area contributed by atoms with Gasteiger partial charge in [0.15, 0.2) is 6.61 Å². The van der Waals surface area contributed by atoms with Gasteiger partial charge < -0.3 is 14.5 Å². The highest BCUT2D eigenvalue weighted by Gasteiger charge is 2.40. The first-order chi connectivity index (χ1) is 12.7. The second kappa shape index (κ2) is 9.06. The lowest BCUT2D eigenvalue weighted by Crippen LogP contribution is -2.49. The van der Waals surface area contributed by atoms with E-state index >= 15 is 0 Å². The third-order valence-corrected chi connectivity index (χ3v) is 5.64. The van der Waals surface area contributed by atoms with E-state index in [2.05, 4.69) is 0 Å². The Labute approximate surface area is 156 Å². The van der Waals surface area contributed by atoms with Gasteiger partial charge in [0.1, 0.15) is 5.75 Å². The number of benzene rings is 1. The van der Waals surface area contributed by atoms with E-state index in [4.69, 9.17) is 4.74 Å². The molecule has 0 bridgehead atoms. The van der Waals surface area contributed by atoms with Crippen LogP contribution in [-0.4, -0.2) is 54.4 Å². The van der Waals surface area contributed by atoms with E-state index in [0.29, 0.717) is 5.75 Å². The van der Waals surface area contributed by atoms with Gasteiger partial charge in [-0.15, -0.1) is 0 Å². The maximum absolute atomic E-state index is 12.9. The third kappa shape index (κ3) is 4.57. The largest absolute Gasteiger partial charge is 0.484 e. The highest BCUT2D eigenvalue weighted by Crippen LogP contribution is 2.32. The standard InChI is InChI=1S/C21H30N2O3/c1-22-14-7-2-3-8-15-23(19-13-9-12-18(19)21(22)25)20(24)16-26-17-10-5-4-6-11-17/h4-6,10-11,18-19H,2-3,7-9,12-16H2,1H3/t18-,19+/m1/s1. The molecule has 2 aliphatic rings. The Morgan fingerprint density at radius 3 is 2.54 bits per heavy atom. The molecule has 26 heavy (non-hydrogen) atoms. The van der Waals surface area contributed by atoms with Crippen molar-refractivity contribution in [2.45, 2.75) is 51.0 Å². The third-order valence-electron chi connectivity index (χ3n) is 5.64. The molecule has 0 spiro atoms. The zero-order chi connectivity index (χ0) is 18.4. The van der Waals surface area contributed by atoms with E-state index in [0.717, 1.165) is 58.0 Å². The molecule has 0 aromatic heterocycles. The van der Waals surface area contributed by atoms with Crippen molar-refractivity contribution in [1.82, 2.24) is 9.80 Å². The molecule has 1 saturated carbocycles. The number of carbonyl (C=O) groups is 2. The minimum absolute atomic E-state index is 0.000420. The molecule has 0 radical (unpaired) electrons. The molecular weight excluding hydrogens is 328 g/mol. The topological polar surface area (TPSA) is 49.9 Å². The minimum atomic E-state index is -0.0567. The summed E-state index contributed by atoms with van der Waals surface area (Å²) >= 11 is 0. The average Bonchev–Trinajstić information content (AvgIpc) is 3.13. The summed E-state index contributed by atoms with van der Waals surface area (Å²) < 4.78 is 5.68. The lowest BCUT2D eigenvalue weighted by atomic mass is 10.00. The first-order valence-corrected chi connectivity index (χ1v) is 9.89. The SMILES string of the molecule is CN1CCCCCCN(C(=O)COc2ccccc2)[C@H]2CCC[C@H]2C1=O. The van der Waals surface area contributed by atoms with Gasteiger partial charge in [-0.05, 0) is 37.8 Å². The van der Waals surface area contributed by atoms with Gasteiger partial charge in [0.2, 0.25) is 5.91 Å². The summed E-state index contributed by atoms with van der Waals surface area (Å²) in [6.07, 6.45) is 7.07. The van der Waals surface area contributed by atoms with Crippen molar-refractivity contribution in [3.63, 3.8) is 0 Å². The zero-order valence-corrected chi connectivity index (χ0v) is 15.7. The summed E-state index contributed by atoms with van der Waals surface area (Å²) in [5, 5.41) is 0. The Hall–Kier alpha value is -2.04. The molecule has 2 amide bonds. The number of para-hydroxylation sites is 1. The zero-order valence-electron chi connectivity index (χ0n) is 15.7. The van der Waals surface area contributed by atoms with Crippen LogP contribution in [0.5, 0.6) is 5.75 Å². The number of carbonyl (C=O) groups excluding carboxylic acids is 2. The van der Waals surface area contributed by atoms with Gasteiger partial charge in [0.05, 0.1) is 5.92 Å². The second-order valence-electron chi connectivity index (χ2n) is 7.47. The molecule has 0 unspecified atom stereocenters. The molecular formula is C21H30N2O3. The van der Waals surface area contributed by atoms with Crippen molar-refractivity contribution in [3.05, 3.63) is 30.3 Å². The number of ether oxygens (including phenoxy) is 1. The number of nitrogens with zero attached hydrogens (tertiary/aromatic N) is 2. The molecule has 1 aromatic rings. The van der Waals surface area contributed by atoms with Crippen molar-refractivity contribution in [2.24, 2.45) is 5.92 Å². The fourth-order valence-corrected chi connectivity index (χ4v) is 4.20. The average molecular weight is 358 g/mol. The van der Waals surface area contributed by atoms with Gasteiger partial charge in [0.25, 0.3) is 5.91 Å². The predicted octanol–water partition coefficient (Wildman–Crippen LogP) is 3.10. The summed E-state index contributed by atoms with van der Waals surface area (Å²) in [4.78, 5) is 29.6. The summed E-state index contributed by atoms with van der Waals surface area (Å²) in [7, 11) is 1.90. The maximum Gasteiger partial charge on any atom is 0.260 e. The van der Waals surface area contributed by atoms with Crippen LogP contribution in [0.2, 0.25) is 0 Å². The van der Waals surface area contributed by atoms with Gasteiger partial charge in [-0.3, -0.25) is 9.59 Å². The first-order valence-electron chi connectivity index (χ1n) is 9.89. The highest BCUT2D eigenvalue weighted by atomic mass is 16.5. The molecule has 3 rings (SSSR count). The van der Waals surface area contributed by atoms with Crippen LogP contribution >= 0.6 is 0 Å². The molecule has 5 nitrogen and oxygen atoms in total. The Morgan fingerprint density at radius 1 is 1.04 bits per heavy atom. The van der Waals surface area contributed by atoms with Crippen LogP contribution < -0.4 is 4.74 Å². The number of fused-ring (bicyclic) bond motifs is 1. The van der Waals surface area contributed by atoms with Crippen LogP contribution in [0.4, 0.5) is 0 Å². The van der Waals surface area contributed by atoms with Crippen LogP contribution in [0.15, 0.2) is 30.3 Å². The Bertz CT molecular complexity index is 605. The normalized spacial score (nSPS) is 24.7. The van der Waals surface area contributed by atoms with E-state index in [-0.39, 0.29) is 30.4 Å². The highest BCUT2D eigenvalue weighted by molar-refractivity contribution is 5.82. The molecule has 142 valence electrons. The lowest BCUT2D eigenvalue weighted by molar-refractivity contribution is -0.141. The van der Waals surface area contributed by atoms with Crippen molar-refractivity contribution < 1.29 is 14.3 Å². The van der Waals surface area contributed by atoms with Gasteiger partial charge in [-0.25, -0.2) is 0 Å². The Kier molecular flexibility index (Phi) is 6.53. The Morgan fingerprint density at radius 2 is 1.77 bits per heavy atom. The van der Waals surface area contributed by atoms with Crippen LogP contribution in [0.1, 0.15) is 44.9 Å². The number of rotatable bonds is 3. The minimum Gasteiger partial charge on any atom is -0.484 e. The monoisotopic (exact) mass is 358 g/mol. The van der Waals surface area contributed by atoms with Crippen molar-refractivity contribution in [1.29, 1.82) is 0 Å². The van der Waals surface area contributed by atoms with Crippen LogP contribution in [-0.2, 0) is 9.59 Å². The van der Waals surface area contributed by atoms with Gasteiger partial charge in [-0.1, -0.05) is 37.5 Å². The van der Waals surface area contributed by atoms with Gasteiger partial charge in [-0.2, -0.15) is 0 Å². The first kappa shape index (κ1) is 18.7. The van der Waals surface area contributed by atoms with E-state index in [1.807, 2.05) is 47.2 Å². The maximum atomic E-state index is 12.9. The molecule has 5 heteroatoms. The molecule has 1 heterocycles. The van der Waals surface area contributed by atoms with Gasteiger partial charge in [0, 0.05) is 26.2 Å². The van der Waals surface area contributed by atoms with Gasteiger partial charge >= 0.3 is 0 Å². The summed E-state index contributed by atoms with van der Waals surface area (Å²) in [5.41, 5.74) is 0. The second-order valence-corrected chi connectivity index (χ2v) is 7.47. The van der Waals surface area contributed by atoms with Crippen LogP contribution in [0.3, 0.4) is 0 Å². The van der Waals surface area contributed by atoms with Crippen LogP contribution in [0, 0.1) is 5.92 Å². The van der Waals surface area contributed by atoms with Crippen molar-refractivity contribution >= 4 is 11.8 Å². The number of hydrogen-bond acceptors (Lipinski definition) is 3.